The summed E-state index contributed by atoms with van der Waals surface area (Å²) in [5.74, 6) is 3.31. The van der Waals surface area contributed by atoms with Crippen LogP contribution in [0.4, 0.5) is 0 Å². The van der Waals surface area contributed by atoms with Crippen molar-refractivity contribution in [2.75, 3.05) is 27.4 Å². The first-order chi connectivity index (χ1) is 20.6. The maximum Gasteiger partial charge on any atom is 0.224 e. The summed E-state index contributed by atoms with van der Waals surface area (Å²) in [5, 5.41) is 5.45. The molecule has 0 unspecified atom stereocenters. The Morgan fingerprint density at radius 1 is 0.810 bits per heavy atom. The van der Waals surface area contributed by atoms with E-state index < -0.39 is 0 Å². The highest BCUT2D eigenvalue weighted by atomic mass is 16.5. The Labute approximate surface area is 247 Å². The molecule has 42 heavy (non-hydrogen) atoms. The number of aromatic nitrogens is 2. The molecule has 7 heteroatoms. The fourth-order valence-electron chi connectivity index (χ4n) is 5.29. The van der Waals surface area contributed by atoms with Crippen LogP contribution in [0.3, 0.4) is 0 Å². The molecule has 218 valence electrons. The molecule has 1 N–H and O–H groups in total. The van der Waals surface area contributed by atoms with Crippen molar-refractivity contribution >= 4 is 27.7 Å². The number of rotatable bonds is 15. The van der Waals surface area contributed by atoms with E-state index in [1.807, 2.05) is 30.3 Å². The van der Waals surface area contributed by atoms with Gasteiger partial charge in [-0.25, -0.2) is 4.98 Å². The van der Waals surface area contributed by atoms with Gasteiger partial charge in [-0.15, -0.1) is 0 Å². The van der Waals surface area contributed by atoms with E-state index in [2.05, 4.69) is 64.5 Å². The van der Waals surface area contributed by atoms with Crippen LogP contribution in [0.15, 0.2) is 84.9 Å². The van der Waals surface area contributed by atoms with Crippen molar-refractivity contribution < 1.29 is 19.0 Å². The lowest BCUT2D eigenvalue weighted by molar-refractivity contribution is -0.120. The van der Waals surface area contributed by atoms with Crippen LogP contribution in [-0.4, -0.2) is 42.8 Å². The molecule has 0 aliphatic heterocycles. The van der Waals surface area contributed by atoms with Crippen molar-refractivity contribution in [1.29, 1.82) is 0 Å². The zero-order valence-corrected chi connectivity index (χ0v) is 24.5. The molecule has 0 atom stereocenters. The predicted octanol–water partition coefficient (Wildman–Crippen LogP) is 6.75. The van der Waals surface area contributed by atoms with Crippen molar-refractivity contribution in [1.82, 2.24) is 14.9 Å². The zero-order chi connectivity index (χ0) is 29.1. The van der Waals surface area contributed by atoms with Gasteiger partial charge in [-0.2, -0.15) is 0 Å². The van der Waals surface area contributed by atoms with E-state index in [-0.39, 0.29) is 5.91 Å². The zero-order valence-electron chi connectivity index (χ0n) is 24.5. The Kier molecular flexibility index (Phi) is 9.94. The molecule has 5 rings (SSSR count). The number of aryl methyl sites for hydroxylation is 2. The number of carbonyl (C=O) groups excluding carboxylic acids is 1. The minimum atomic E-state index is 0.00919. The summed E-state index contributed by atoms with van der Waals surface area (Å²) < 4.78 is 19.0. The third-order valence-corrected chi connectivity index (χ3v) is 7.46. The van der Waals surface area contributed by atoms with Crippen molar-refractivity contribution in [2.24, 2.45) is 0 Å². The van der Waals surface area contributed by atoms with Gasteiger partial charge in [0, 0.05) is 19.5 Å². The van der Waals surface area contributed by atoms with Gasteiger partial charge in [0.1, 0.15) is 11.6 Å². The van der Waals surface area contributed by atoms with Gasteiger partial charge in [0.25, 0.3) is 0 Å². The first-order valence-corrected chi connectivity index (χ1v) is 14.7. The summed E-state index contributed by atoms with van der Waals surface area (Å²) in [6, 6.07) is 28.5. The smallest absolute Gasteiger partial charge is 0.224 e. The molecule has 1 amide bonds. The van der Waals surface area contributed by atoms with Crippen LogP contribution < -0.4 is 19.5 Å². The fourth-order valence-corrected chi connectivity index (χ4v) is 5.29. The van der Waals surface area contributed by atoms with Gasteiger partial charge >= 0.3 is 0 Å². The van der Waals surface area contributed by atoms with Crippen LogP contribution in [0.25, 0.3) is 21.8 Å². The van der Waals surface area contributed by atoms with E-state index in [9.17, 15) is 4.79 Å². The normalized spacial score (nSPS) is 11.1. The molecule has 7 nitrogen and oxygen atoms in total. The largest absolute Gasteiger partial charge is 0.494 e. The van der Waals surface area contributed by atoms with E-state index in [1.54, 1.807) is 14.2 Å². The minimum absolute atomic E-state index is 0.00919. The molecule has 0 bridgehead atoms. The maximum atomic E-state index is 12.4. The summed E-state index contributed by atoms with van der Waals surface area (Å²) in [6.45, 7) is 2.16. The van der Waals surface area contributed by atoms with Crippen molar-refractivity contribution in [3.63, 3.8) is 0 Å². The number of methoxy groups -OCH3 is 2. The first kappa shape index (κ1) is 29.0. The number of nitrogens with one attached hydrogen (secondary N) is 1. The number of para-hydroxylation sites is 2. The van der Waals surface area contributed by atoms with Gasteiger partial charge in [-0.3, -0.25) is 4.79 Å². The molecule has 0 radical (unpaired) electrons. The van der Waals surface area contributed by atoms with E-state index in [1.165, 1.54) is 16.3 Å². The van der Waals surface area contributed by atoms with Crippen LogP contribution in [0.1, 0.15) is 37.1 Å². The van der Waals surface area contributed by atoms with Gasteiger partial charge in [-0.1, -0.05) is 55.0 Å². The summed E-state index contributed by atoms with van der Waals surface area (Å²) >= 11 is 0. The Bertz CT molecular complexity index is 1630. The summed E-state index contributed by atoms with van der Waals surface area (Å²) in [7, 11) is 3.20. The van der Waals surface area contributed by atoms with Gasteiger partial charge in [-0.05, 0) is 72.0 Å². The summed E-state index contributed by atoms with van der Waals surface area (Å²) in [5.41, 5.74) is 3.10. The highest BCUT2D eigenvalue weighted by Gasteiger charge is 2.11. The third-order valence-electron chi connectivity index (χ3n) is 7.46. The minimum Gasteiger partial charge on any atom is -0.494 e. The maximum absolute atomic E-state index is 12.4. The lowest BCUT2D eigenvalue weighted by Crippen LogP contribution is -2.26. The predicted molar refractivity (Wildman–Crippen MR) is 168 cm³/mol. The highest BCUT2D eigenvalue weighted by molar-refractivity contribution is 5.83. The van der Waals surface area contributed by atoms with Gasteiger partial charge in [0.05, 0.1) is 38.3 Å². The molecule has 0 saturated carbocycles. The Morgan fingerprint density at radius 2 is 1.62 bits per heavy atom. The molecule has 0 fully saturated rings. The SMILES string of the molecule is COc1ccc(CC(=O)NCCCCCc2nc3ccccc3n2CCCOc2ccc3ccccc3c2)cc1OC. The quantitative estimate of drug-likeness (QED) is 0.142. The molecular weight excluding hydrogens is 526 g/mol. The topological polar surface area (TPSA) is 74.6 Å². The number of amides is 1. The Balaban J connectivity index is 1.06. The van der Waals surface area contributed by atoms with E-state index in [0.717, 1.165) is 61.3 Å². The number of unbranched alkanes of at least 4 members (excludes halogenated alkanes) is 2. The van der Waals surface area contributed by atoms with Crippen LogP contribution in [0.5, 0.6) is 17.2 Å². The van der Waals surface area contributed by atoms with E-state index >= 15 is 0 Å². The number of nitrogens with zero attached hydrogens (tertiary/aromatic N) is 2. The number of carbonyl (C=O) groups is 1. The molecule has 5 aromatic rings. The second-order valence-electron chi connectivity index (χ2n) is 10.4. The number of hydrogen-bond acceptors (Lipinski definition) is 5. The van der Waals surface area contributed by atoms with Crippen LogP contribution in [-0.2, 0) is 24.2 Å². The molecule has 0 aliphatic carbocycles. The summed E-state index contributed by atoms with van der Waals surface area (Å²) in [4.78, 5) is 17.4. The molecular formula is C35H39N3O4. The first-order valence-electron chi connectivity index (χ1n) is 14.7. The van der Waals surface area contributed by atoms with Crippen molar-refractivity contribution in [3.05, 3.63) is 96.3 Å². The Hall–Kier alpha value is -4.52. The van der Waals surface area contributed by atoms with Crippen LogP contribution >= 0.6 is 0 Å². The average Bonchev–Trinajstić information content (AvgIpc) is 3.37. The summed E-state index contributed by atoms with van der Waals surface area (Å²) in [6.07, 6.45) is 5.08. The standard InChI is InChI=1S/C35H39N3O4/c1-40-32-19-16-26(23-33(32)41-2)24-35(39)36-20-9-3-4-15-34-37-30-13-7-8-14-31(30)38(34)21-10-22-42-29-18-17-27-11-5-6-12-28(27)25-29/h5-8,11-14,16-19,23,25H,3-4,9-10,15,20-22,24H2,1-2H3,(H,36,39). The molecule has 4 aromatic carbocycles. The molecule has 1 heterocycles. The highest BCUT2D eigenvalue weighted by Crippen LogP contribution is 2.27. The second-order valence-corrected chi connectivity index (χ2v) is 10.4. The third kappa shape index (κ3) is 7.40. The fraction of sp³-hybridized carbons (Fsp3) is 0.314. The monoisotopic (exact) mass is 565 g/mol. The Morgan fingerprint density at radius 3 is 2.48 bits per heavy atom. The number of hydrogen-bond donors (Lipinski definition) is 1. The average molecular weight is 566 g/mol. The number of fused-ring (bicyclic) bond motifs is 2. The number of benzene rings is 4. The number of imidazole rings is 1. The lowest BCUT2D eigenvalue weighted by Gasteiger charge is -2.11. The van der Waals surface area contributed by atoms with E-state index in [4.69, 9.17) is 19.2 Å². The molecule has 0 aliphatic rings. The van der Waals surface area contributed by atoms with Gasteiger partial charge in [0.2, 0.25) is 5.91 Å². The molecule has 1 aromatic heterocycles. The lowest BCUT2D eigenvalue weighted by atomic mass is 10.1. The van der Waals surface area contributed by atoms with E-state index in [0.29, 0.717) is 31.1 Å². The van der Waals surface area contributed by atoms with Crippen molar-refractivity contribution in [2.45, 2.75) is 45.1 Å². The van der Waals surface area contributed by atoms with Gasteiger partial charge in [0.15, 0.2) is 11.5 Å². The number of ether oxygens (including phenoxy) is 3. The van der Waals surface area contributed by atoms with Gasteiger partial charge < -0.3 is 24.1 Å². The molecule has 0 spiro atoms. The van der Waals surface area contributed by atoms with Crippen LogP contribution in [0.2, 0.25) is 0 Å². The van der Waals surface area contributed by atoms with Crippen molar-refractivity contribution in [3.8, 4) is 17.2 Å². The second kappa shape index (κ2) is 14.4. The molecule has 0 saturated heterocycles. The van der Waals surface area contributed by atoms with Crippen LogP contribution in [0, 0.1) is 0 Å².